The molecule has 9 heteroatoms. The maximum absolute atomic E-state index is 14.2. The predicted octanol–water partition coefficient (Wildman–Crippen LogP) is 6.41. The third kappa shape index (κ3) is 7.72. The Bertz CT molecular complexity index is 1470. The fraction of sp³-hybridized carbons (Fsp3) is 0.394. The molecule has 2 amide bonds. The third-order valence-corrected chi connectivity index (χ3v) is 10.0. The molecule has 0 saturated heterocycles. The standard InChI is InChI=1S/C33H40ClN3O4S/c1-4-31(33(39)35-28-13-9-6-10-14-28)36(22-26-11-7-5-8-12-26)32(38)23-37(29-18-15-24(2)25(3)21-29)42(40,41)30-19-16-27(34)17-20-30/h5,7-8,11-12,15-21,28,31H,4,6,9-10,13-14,22-23H2,1-3H3,(H,35,39). The molecule has 0 aromatic heterocycles. The summed E-state index contributed by atoms with van der Waals surface area (Å²) in [6.07, 6.45) is 5.55. The van der Waals surface area contributed by atoms with Gasteiger partial charge < -0.3 is 10.2 Å². The molecule has 7 nitrogen and oxygen atoms in total. The molecule has 1 N–H and O–H groups in total. The highest BCUT2D eigenvalue weighted by molar-refractivity contribution is 7.92. The van der Waals surface area contributed by atoms with Gasteiger partial charge in [0.15, 0.2) is 0 Å². The summed E-state index contributed by atoms with van der Waals surface area (Å²) in [4.78, 5) is 29.4. The van der Waals surface area contributed by atoms with Gasteiger partial charge in [0.25, 0.3) is 10.0 Å². The first-order valence-corrected chi connectivity index (χ1v) is 16.4. The molecule has 0 spiro atoms. The monoisotopic (exact) mass is 609 g/mol. The number of hydrogen-bond acceptors (Lipinski definition) is 4. The van der Waals surface area contributed by atoms with Gasteiger partial charge in [-0.3, -0.25) is 13.9 Å². The molecule has 1 saturated carbocycles. The zero-order chi connectivity index (χ0) is 30.3. The van der Waals surface area contributed by atoms with E-state index in [1.165, 1.54) is 35.6 Å². The molecule has 42 heavy (non-hydrogen) atoms. The van der Waals surface area contributed by atoms with Crippen molar-refractivity contribution < 1.29 is 18.0 Å². The van der Waals surface area contributed by atoms with E-state index < -0.39 is 28.5 Å². The zero-order valence-electron chi connectivity index (χ0n) is 24.6. The number of amides is 2. The van der Waals surface area contributed by atoms with E-state index >= 15 is 0 Å². The van der Waals surface area contributed by atoms with Crippen LogP contribution in [0.2, 0.25) is 5.02 Å². The van der Waals surface area contributed by atoms with Crippen LogP contribution in [0.5, 0.6) is 0 Å². The summed E-state index contributed by atoms with van der Waals surface area (Å²) < 4.78 is 29.2. The molecule has 0 radical (unpaired) electrons. The molecule has 1 fully saturated rings. The lowest BCUT2D eigenvalue weighted by Gasteiger charge is -2.34. The van der Waals surface area contributed by atoms with Gasteiger partial charge >= 0.3 is 0 Å². The van der Waals surface area contributed by atoms with E-state index in [0.29, 0.717) is 17.1 Å². The van der Waals surface area contributed by atoms with Gasteiger partial charge in [0.1, 0.15) is 12.6 Å². The minimum absolute atomic E-state index is 0.0228. The van der Waals surface area contributed by atoms with Crippen LogP contribution < -0.4 is 9.62 Å². The summed E-state index contributed by atoms with van der Waals surface area (Å²) in [5.74, 6) is -0.660. The highest BCUT2D eigenvalue weighted by atomic mass is 35.5. The van der Waals surface area contributed by atoms with Gasteiger partial charge in [0.05, 0.1) is 10.6 Å². The molecule has 4 rings (SSSR count). The largest absolute Gasteiger partial charge is 0.352 e. The van der Waals surface area contributed by atoms with Crippen molar-refractivity contribution in [2.24, 2.45) is 0 Å². The van der Waals surface area contributed by atoms with Gasteiger partial charge in [-0.25, -0.2) is 8.42 Å². The van der Waals surface area contributed by atoms with Crippen LogP contribution in [0.1, 0.15) is 62.1 Å². The van der Waals surface area contributed by atoms with Crippen LogP contribution in [0, 0.1) is 13.8 Å². The first-order valence-electron chi connectivity index (χ1n) is 14.6. The number of rotatable bonds is 11. The fourth-order valence-electron chi connectivity index (χ4n) is 5.39. The van der Waals surface area contributed by atoms with Crippen molar-refractivity contribution >= 4 is 39.1 Å². The zero-order valence-corrected chi connectivity index (χ0v) is 26.1. The van der Waals surface area contributed by atoms with Crippen LogP contribution in [0.15, 0.2) is 77.7 Å². The van der Waals surface area contributed by atoms with Gasteiger partial charge in [0, 0.05) is 17.6 Å². The quantitative estimate of drug-likeness (QED) is 0.272. The van der Waals surface area contributed by atoms with E-state index in [4.69, 9.17) is 11.6 Å². The molecule has 1 atom stereocenters. The number of benzene rings is 3. The molecule has 1 aliphatic rings. The summed E-state index contributed by atoms with van der Waals surface area (Å²) >= 11 is 6.04. The summed E-state index contributed by atoms with van der Waals surface area (Å²) in [7, 11) is -4.15. The summed E-state index contributed by atoms with van der Waals surface area (Å²) in [6.45, 7) is 5.44. The van der Waals surface area contributed by atoms with Gasteiger partial charge in [-0.1, -0.05) is 74.2 Å². The van der Waals surface area contributed by atoms with Crippen molar-refractivity contribution in [1.29, 1.82) is 0 Å². The Labute approximate surface area is 254 Å². The van der Waals surface area contributed by atoms with Gasteiger partial charge in [-0.05, 0) is 86.2 Å². The second kappa shape index (κ2) is 14.2. The van der Waals surface area contributed by atoms with Gasteiger partial charge in [-0.2, -0.15) is 0 Å². The number of hydrogen-bond donors (Lipinski definition) is 1. The molecular weight excluding hydrogens is 570 g/mol. The van der Waals surface area contributed by atoms with Crippen LogP contribution >= 0.6 is 11.6 Å². The van der Waals surface area contributed by atoms with E-state index in [2.05, 4.69) is 5.32 Å². The number of carbonyl (C=O) groups is 2. The van der Waals surface area contributed by atoms with Crippen LogP contribution in [-0.2, 0) is 26.2 Å². The van der Waals surface area contributed by atoms with E-state index in [-0.39, 0.29) is 23.4 Å². The van der Waals surface area contributed by atoms with Gasteiger partial charge in [-0.15, -0.1) is 0 Å². The normalized spacial score (nSPS) is 14.7. The highest BCUT2D eigenvalue weighted by Crippen LogP contribution is 2.28. The van der Waals surface area contributed by atoms with Crippen molar-refractivity contribution in [2.45, 2.75) is 82.8 Å². The third-order valence-electron chi connectivity index (χ3n) is 7.99. The predicted molar refractivity (Wildman–Crippen MR) is 168 cm³/mol. The maximum atomic E-state index is 14.2. The lowest BCUT2D eigenvalue weighted by atomic mass is 9.95. The van der Waals surface area contributed by atoms with Crippen LogP contribution in [0.3, 0.4) is 0 Å². The first kappa shape index (κ1) is 31.6. The lowest BCUT2D eigenvalue weighted by molar-refractivity contribution is -0.140. The van der Waals surface area contributed by atoms with Crippen LogP contribution in [0.25, 0.3) is 0 Å². The molecule has 224 valence electrons. The van der Waals surface area contributed by atoms with Gasteiger partial charge in [0.2, 0.25) is 11.8 Å². The SMILES string of the molecule is CCC(C(=O)NC1CCCCC1)N(Cc1ccccc1)C(=O)CN(c1ccc(C)c(C)c1)S(=O)(=O)c1ccc(Cl)cc1. The molecular formula is C33H40ClN3O4S. The molecule has 3 aromatic carbocycles. The minimum atomic E-state index is -4.15. The number of carbonyl (C=O) groups excluding carboxylic acids is 2. The Morgan fingerprint density at radius 1 is 0.929 bits per heavy atom. The van der Waals surface area contributed by atoms with E-state index in [1.54, 1.807) is 12.1 Å². The number of nitrogens with zero attached hydrogens (tertiary/aromatic N) is 2. The molecule has 0 heterocycles. The van der Waals surface area contributed by atoms with Crippen molar-refractivity contribution in [3.8, 4) is 0 Å². The Kier molecular flexibility index (Phi) is 10.7. The highest BCUT2D eigenvalue weighted by Gasteiger charge is 2.34. The van der Waals surface area contributed by atoms with Crippen molar-refractivity contribution in [3.63, 3.8) is 0 Å². The number of aryl methyl sites for hydroxylation is 2. The number of sulfonamides is 1. The Morgan fingerprint density at radius 3 is 2.21 bits per heavy atom. The lowest BCUT2D eigenvalue weighted by Crippen LogP contribution is -2.54. The second-order valence-electron chi connectivity index (χ2n) is 11.0. The number of nitrogens with one attached hydrogen (secondary N) is 1. The molecule has 1 unspecified atom stereocenters. The van der Waals surface area contributed by atoms with E-state index in [1.807, 2.05) is 57.2 Å². The van der Waals surface area contributed by atoms with Crippen LogP contribution in [0.4, 0.5) is 5.69 Å². The maximum Gasteiger partial charge on any atom is 0.264 e. The smallest absolute Gasteiger partial charge is 0.264 e. The molecule has 1 aliphatic carbocycles. The number of halogens is 1. The second-order valence-corrected chi connectivity index (χ2v) is 13.3. The minimum Gasteiger partial charge on any atom is -0.352 e. The number of anilines is 1. The van der Waals surface area contributed by atoms with Crippen molar-refractivity contribution in [3.05, 3.63) is 94.5 Å². The van der Waals surface area contributed by atoms with Crippen LogP contribution in [-0.4, -0.2) is 43.8 Å². The van der Waals surface area contributed by atoms with Crippen molar-refractivity contribution in [2.75, 3.05) is 10.8 Å². The average Bonchev–Trinajstić information content (AvgIpc) is 2.98. The average molecular weight is 610 g/mol. The Hall–Kier alpha value is -3.36. The van der Waals surface area contributed by atoms with E-state index in [9.17, 15) is 18.0 Å². The topological polar surface area (TPSA) is 86.8 Å². The summed E-state index contributed by atoms with van der Waals surface area (Å²) in [6, 6.07) is 20.0. The summed E-state index contributed by atoms with van der Waals surface area (Å²) in [5.41, 5.74) is 3.13. The molecule has 0 aliphatic heterocycles. The molecule has 0 bridgehead atoms. The van der Waals surface area contributed by atoms with E-state index in [0.717, 1.165) is 46.7 Å². The summed E-state index contributed by atoms with van der Waals surface area (Å²) in [5, 5.41) is 3.58. The fourth-order valence-corrected chi connectivity index (χ4v) is 6.92. The Balaban J connectivity index is 1.71. The first-order chi connectivity index (χ1) is 20.1. The molecule has 3 aromatic rings. The Morgan fingerprint density at radius 2 is 1.60 bits per heavy atom. The van der Waals surface area contributed by atoms with Crippen molar-refractivity contribution in [1.82, 2.24) is 10.2 Å².